The van der Waals surface area contributed by atoms with E-state index in [1.165, 1.54) is 12.8 Å². The predicted molar refractivity (Wildman–Crippen MR) is 75.2 cm³/mol. The van der Waals surface area contributed by atoms with Crippen molar-refractivity contribution in [1.29, 1.82) is 0 Å². The summed E-state index contributed by atoms with van der Waals surface area (Å²) in [4.78, 5) is 2.38. The summed E-state index contributed by atoms with van der Waals surface area (Å²) in [5, 5.41) is 8.93. The number of hydrogen-bond acceptors (Lipinski definition) is 3. The van der Waals surface area contributed by atoms with E-state index >= 15 is 0 Å². The molecule has 0 amide bonds. The van der Waals surface area contributed by atoms with Crippen LogP contribution in [0.15, 0.2) is 22.7 Å². The highest BCUT2D eigenvalue weighted by Gasteiger charge is 2.25. The number of benzene rings is 1. The standard InChI is InChI=1S/C13H19BrN2O/c14-10-5-6-12(15)13(9-10)16-7-1-3-11(16)4-2-8-17/h5-6,9,11,17H,1-4,7-8,15H2. The van der Waals surface area contributed by atoms with Gasteiger partial charge in [0.15, 0.2) is 0 Å². The van der Waals surface area contributed by atoms with Crippen molar-refractivity contribution in [3.05, 3.63) is 22.7 Å². The lowest BCUT2D eigenvalue weighted by Crippen LogP contribution is -2.30. The van der Waals surface area contributed by atoms with Crippen molar-refractivity contribution in [1.82, 2.24) is 0 Å². The van der Waals surface area contributed by atoms with Gasteiger partial charge in [-0.3, -0.25) is 0 Å². The third kappa shape index (κ3) is 2.93. The molecule has 0 saturated carbocycles. The molecule has 1 aliphatic heterocycles. The maximum atomic E-state index is 8.93. The summed E-state index contributed by atoms with van der Waals surface area (Å²) in [5.41, 5.74) is 8.01. The van der Waals surface area contributed by atoms with Crippen LogP contribution in [-0.2, 0) is 0 Å². The van der Waals surface area contributed by atoms with Gasteiger partial charge >= 0.3 is 0 Å². The van der Waals surface area contributed by atoms with Crippen LogP contribution < -0.4 is 10.6 Å². The van der Waals surface area contributed by atoms with Crippen molar-refractivity contribution in [3.8, 4) is 0 Å². The van der Waals surface area contributed by atoms with Crippen LogP contribution in [0.25, 0.3) is 0 Å². The Morgan fingerprint density at radius 3 is 3.06 bits per heavy atom. The lowest BCUT2D eigenvalue weighted by Gasteiger charge is -2.28. The molecule has 4 heteroatoms. The van der Waals surface area contributed by atoms with Gasteiger partial charge in [-0.2, -0.15) is 0 Å². The smallest absolute Gasteiger partial charge is 0.0613 e. The zero-order valence-corrected chi connectivity index (χ0v) is 11.5. The number of aliphatic hydroxyl groups is 1. The first-order valence-corrected chi connectivity index (χ1v) is 6.94. The normalized spacial score (nSPS) is 19.9. The molecule has 0 bridgehead atoms. The Balaban J connectivity index is 2.16. The Bertz CT molecular complexity index is 384. The van der Waals surface area contributed by atoms with Gasteiger partial charge in [-0.15, -0.1) is 0 Å². The minimum Gasteiger partial charge on any atom is -0.397 e. The van der Waals surface area contributed by atoms with Gasteiger partial charge in [0.05, 0.1) is 11.4 Å². The maximum Gasteiger partial charge on any atom is 0.0613 e. The summed E-state index contributed by atoms with van der Waals surface area (Å²) in [6, 6.07) is 6.53. The molecule has 0 spiro atoms. The highest BCUT2D eigenvalue weighted by molar-refractivity contribution is 9.10. The number of anilines is 2. The predicted octanol–water partition coefficient (Wildman–Crippen LogP) is 2.77. The maximum absolute atomic E-state index is 8.93. The molecule has 94 valence electrons. The fourth-order valence-corrected chi connectivity index (χ4v) is 2.89. The van der Waals surface area contributed by atoms with Gasteiger partial charge in [0.1, 0.15) is 0 Å². The van der Waals surface area contributed by atoms with Crippen molar-refractivity contribution in [2.45, 2.75) is 31.7 Å². The first kappa shape index (κ1) is 12.7. The molecule has 17 heavy (non-hydrogen) atoms. The minimum absolute atomic E-state index is 0.276. The minimum atomic E-state index is 0.276. The van der Waals surface area contributed by atoms with Crippen molar-refractivity contribution in [3.63, 3.8) is 0 Å². The zero-order chi connectivity index (χ0) is 12.3. The van der Waals surface area contributed by atoms with Gasteiger partial charge in [0, 0.05) is 23.7 Å². The average molecular weight is 299 g/mol. The molecule has 1 fully saturated rings. The summed E-state index contributed by atoms with van der Waals surface area (Å²) in [7, 11) is 0. The topological polar surface area (TPSA) is 49.5 Å². The Morgan fingerprint density at radius 2 is 2.29 bits per heavy atom. The van der Waals surface area contributed by atoms with E-state index in [1.807, 2.05) is 12.1 Å². The number of nitrogens with zero attached hydrogens (tertiary/aromatic N) is 1. The highest BCUT2D eigenvalue weighted by atomic mass is 79.9. The molecule has 1 heterocycles. The molecule has 3 N–H and O–H groups in total. The van der Waals surface area contributed by atoms with Crippen LogP contribution >= 0.6 is 15.9 Å². The monoisotopic (exact) mass is 298 g/mol. The Hall–Kier alpha value is -0.740. The molecule has 0 radical (unpaired) electrons. The van der Waals surface area contributed by atoms with Gasteiger partial charge in [-0.1, -0.05) is 15.9 Å². The van der Waals surface area contributed by atoms with Crippen LogP contribution in [-0.4, -0.2) is 24.3 Å². The van der Waals surface area contributed by atoms with Crippen molar-refractivity contribution in [2.75, 3.05) is 23.8 Å². The molecule has 0 aliphatic carbocycles. The fraction of sp³-hybridized carbons (Fsp3) is 0.538. The molecule has 2 rings (SSSR count). The molecule has 1 saturated heterocycles. The Morgan fingerprint density at radius 1 is 1.47 bits per heavy atom. The Labute approximate surface area is 111 Å². The van der Waals surface area contributed by atoms with Crippen molar-refractivity contribution in [2.24, 2.45) is 0 Å². The molecule has 1 aliphatic rings. The molecule has 0 aromatic heterocycles. The van der Waals surface area contributed by atoms with Gasteiger partial charge in [0.25, 0.3) is 0 Å². The number of hydrogen-bond donors (Lipinski definition) is 2. The third-order valence-electron chi connectivity index (χ3n) is 3.37. The van der Waals surface area contributed by atoms with E-state index in [-0.39, 0.29) is 6.61 Å². The Kier molecular flexibility index (Phi) is 4.29. The van der Waals surface area contributed by atoms with Crippen molar-refractivity contribution < 1.29 is 5.11 Å². The van der Waals surface area contributed by atoms with Crippen LogP contribution in [0.2, 0.25) is 0 Å². The van der Waals surface area contributed by atoms with Crippen molar-refractivity contribution >= 4 is 27.3 Å². The molecule has 1 atom stereocenters. The lowest BCUT2D eigenvalue weighted by atomic mass is 10.1. The molecule has 1 aromatic carbocycles. The van der Waals surface area contributed by atoms with E-state index in [1.54, 1.807) is 0 Å². The largest absolute Gasteiger partial charge is 0.397 e. The summed E-state index contributed by atoms with van der Waals surface area (Å²) < 4.78 is 1.06. The van der Waals surface area contributed by atoms with E-state index in [2.05, 4.69) is 26.9 Å². The SMILES string of the molecule is Nc1ccc(Br)cc1N1CCCC1CCCO. The van der Waals surface area contributed by atoms with E-state index in [4.69, 9.17) is 10.8 Å². The lowest BCUT2D eigenvalue weighted by molar-refractivity contribution is 0.279. The second-order valence-electron chi connectivity index (χ2n) is 4.56. The zero-order valence-electron chi connectivity index (χ0n) is 9.90. The molecule has 1 unspecified atom stereocenters. The highest BCUT2D eigenvalue weighted by Crippen LogP contribution is 2.34. The number of rotatable bonds is 4. The summed E-state index contributed by atoms with van der Waals surface area (Å²) in [6.45, 7) is 1.34. The molecular weight excluding hydrogens is 280 g/mol. The number of nitrogen functional groups attached to an aromatic ring is 1. The van der Waals surface area contributed by atoms with Gasteiger partial charge in [-0.25, -0.2) is 0 Å². The third-order valence-corrected chi connectivity index (χ3v) is 3.87. The van der Waals surface area contributed by atoms with E-state index < -0.39 is 0 Å². The summed E-state index contributed by atoms with van der Waals surface area (Å²) in [6.07, 6.45) is 4.32. The van der Waals surface area contributed by atoms with Crippen LogP contribution in [0.1, 0.15) is 25.7 Å². The van der Waals surface area contributed by atoms with E-state index in [0.29, 0.717) is 6.04 Å². The summed E-state index contributed by atoms with van der Waals surface area (Å²) in [5.74, 6) is 0. The van der Waals surface area contributed by atoms with Gasteiger partial charge < -0.3 is 15.7 Å². The molecule has 1 aromatic rings. The number of aliphatic hydroxyl groups excluding tert-OH is 1. The van der Waals surface area contributed by atoms with Crippen LogP contribution in [0, 0.1) is 0 Å². The first-order chi connectivity index (χ1) is 8.22. The second-order valence-corrected chi connectivity index (χ2v) is 5.47. The van der Waals surface area contributed by atoms with E-state index in [0.717, 1.165) is 35.2 Å². The number of nitrogens with two attached hydrogens (primary N) is 1. The van der Waals surface area contributed by atoms with Crippen LogP contribution in [0.5, 0.6) is 0 Å². The first-order valence-electron chi connectivity index (χ1n) is 6.15. The average Bonchev–Trinajstić information content (AvgIpc) is 2.77. The number of halogens is 1. The van der Waals surface area contributed by atoms with Gasteiger partial charge in [0.2, 0.25) is 0 Å². The van der Waals surface area contributed by atoms with Crippen LogP contribution in [0.3, 0.4) is 0 Å². The molecular formula is C13H19BrN2O. The van der Waals surface area contributed by atoms with Crippen LogP contribution in [0.4, 0.5) is 11.4 Å². The fourth-order valence-electron chi connectivity index (χ4n) is 2.55. The van der Waals surface area contributed by atoms with Gasteiger partial charge in [-0.05, 0) is 43.9 Å². The molecule has 3 nitrogen and oxygen atoms in total. The quantitative estimate of drug-likeness (QED) is 0.841. The second kappa shape index (κ2) is 5.74. The summed E-state index contributed by atoms with van der Waals surface area (Å²) >= 11 is 3.49. The van der Waals surface area contributed by atoms with E-state index in [9.17, 15) is 0 Å².